The Morgan fingerprint density at radius 3 is 2.27 bits per heavy atom. The molecule has 0 saturated heterocycles. The number of hydrogen-bond acceptors (Lipinski definition) is 1. The van der Waals surface area contributed by atoms with Crippen molar-refractivity contribution in [2.75, 3.05) is 6.61 Å². The predicted octanol–water partition coefficient (Wildman–Crippen LogP) is 6.71. The molecule has 2 heterocycles. The second-order valence-electron chi connectivity index (χ2n) is 8.97. The van der Waals surface area contributed by atoms with E-state index in [0.717, 1.165) is 13.0 Å². The van der Waals surface area contributed by atoms with Crippen molar-refractivity contribution in [3.63, 3.8) is 0 Å². The van der Waals surface area contributed by atoms with Gasteiger partial charge in [0.1, 0.15) is 0 Å². The lowest BCUT2D eigenvalue weighted by molar-refractivity contribution is 0.281. The van der Waals surface area contributed by atoms with Crippen molar-refractivity contribution >= 4 is 19.2 Å². The maximum atomic E-state index is 6.86. The minimum atomic E-state index is -1.77. The van der Waals surface area contributed by atoms with E-state index < -0.39 is 8.32 Å². The van der Waals surface area contributed by atoms with Gasteiger partial charge in [0.2, 0.25) is 0 Å². The highest BCUT2D eigenvalue weighted by Crippen LogP contribution is 2.42. The second kappa shape index (κ2) is 7.90. The van der Waals surface area contributed by atoms with E-state index in [1.54, 1.807) is 11.3 Å². The number of hydrogen-bond donors (Lipinski definition) is 0. The highest BCUT2D eigenvalue weighted by molar-refractivity contribution is 6.77. The van der Waals surface area contributed by atoms with Crippen LogP contribution < -0.4 is 0 Å². The number of nitrogens with zero attached hydrogens (tertiary/aromatic N) is 1. The van der Waals surface area contributed by atoms with Crippen LogP contribution in [0.3, 0.4) is 0 Å². The van der Waals surface area contributed by atoms with Crippen LogP contribution in [0.15, 0.2) is 24.3 Å². The van der Waals surface area contributed by atoms with Crippen LogP contribution in [0.4, 0.5) is 0 Å². The standard InChI is InChI=1S/C23H37NOSi/c1-17(2)26(18(3)4,19(5)6)25-16-14-21-20-11-7-8-12-22(20)24-15-10-9-13-23(21)24/h7-8,11-12,17-19H,9-10,13-16H2,1-6H3. The Kier molecular flexibility index (Phi) is 5.98. The zero-order valence-electron chi connectivity index (χ0n) is 17.6. The Hall–Kier alpha value is -1.06. The topological polar surface area (TPSA) is 14.2 Å². The SMILES string of the molecule is CC(C)[Si](OCCc1c2n(c3ccccc13)CCCC2)(C(C)C)C(C)C. The van der Waals surface area contributed by atoms with Gasteiger partial charge >= 0.3 is 0 Å². The van der Waals surface area contributed by atoms with E-state index >= 15 is 0 Å². The van der Waals surface area contributed by atoms with Crippen LogP contribution in [0.2, 0.25) is 16.6 Å². The molecule has 0 radical (unpaired) electrons. The zero-order chi connectivity index (χ0) is 18.9. The van der Waals surface area contributed by atoms with Crippen molar-refractivity contribution in [1.29, 1.82) is 0 Å². The smallest absolute Gasteiger partial charge is 0.200 e. The molecular formula is C23H37NOSi. The first-order valence-corrected chi connectivity index (χ1v) is 12.8. The average molecular weight is 372 g/mol. The Balaban J connectivity index is 1.86. The summed E-state index contributed by atoms with van der Waals surface area (Å²) in [5.74, 6) is 0. The monoisotopic (exact) mass is 371 g/mol. The largest absolute Gasteiger partial charge is 0.416 e. The van der Waals surface area contributed by atoms with Crippen molar-refractivity contribution in [3.8, 4) is 0 Å². The summed E-state index contributed by atoms with van der Waals surface area (Å²) in [6.07, 6.45) is 4.92. The van der Waals surface area contributed by atoms with Gasteiger partial charge in [-0.1, -0.05) is 59.7 Å². The molecule has 0 spiro atoms. The van der Waals surface area contributed by atoms with E-state index in [9.17, 15) is 0 Å². The third kappa shape index (κ3) is 3.29. The maximum Gasteiger partial charge on any atom is 0.200 e. The van der Waals surface area contributed by atoms with Crippen molar-refractivity contribution < 1.29 is 4.43 Å². The van der Waals surface area contributed by atoms with Gasteiger partial charge in [-0.05, 0) is 53.9 Å². The predicted molar refractivity (Wildman–Crippen MR) is 116 cm³/mol. The molecule has 144 valence electrons. The molecule has 2 aromatic rings. The van der Waals surface area contributed by atoms with Gasteiger partial charge in [0, 0.05) is 29.7 Å². The summed E-state index contributed by atoms with van der Waals surface area (Å²) >= 11 is 0. The van der Waals surface area contributed by atoms with Gasteiger partial charge in [-0.25, -0.2) is 0 Å². The Morgan fingerprint density at radius 1 is 0.962 bits per heavy atom. The lowest BCUT2D eigenvalue weighted by Crippen LogP contribution is -2.48. The molecule has 0 unspecified atom stereocenters. The van der Waals surface area contributed by atoms with E-state index in [2.05, 4.69) is 70.4 Å². The molecule has 0 N–H and O–H groups in total. The summed E-state index contributed by atoms with van der Waals surface area (Å²) in [6, 6.07) is 8.98. The first kappa shape index (κ1) is 19.7. The van der Waals surface area contributed by atoms with Gasteiger partial charge in [0.05, 0.1) is 0 Å². The second-order valence-corrected chi connectivity index (χ2v) is 14.4. The summed E-state index contributed by atoms with van der Waals surface area (Å²) < 4.78 is 9.43. The fourth-order valence-electron chi connectivity index (χ4n) is 5.64. The minimum Gasteiger partial charge on any atom is -0.416 e. The molecule has 1 aliphatic rings. The quantitative estimate of drug-likeness (QED) is 0.493. The Bertz CT molecular complexity index is 722. The van der Waals surface area contributed by atoms with Crippen molar-refractivity contribution in [2.45, 2.75) is 90.4 Å². The molecule has 1 aliphatic heterocycles. The van der Waals surface area contributed by atoms with Crippen molar-refractivity contribution in [1.82, 2.24) is 4.57 Å². The lowest BCUT2D eigenvalue weighted by Gasteiger charge is -2.42. The normalized spacial score (nSPS) is 15.4. The van der Waals surface area contributed by atoms with E-state index in [4.69, 9.17) is 4.43 Å². The number of fused-ring (bicyclic) bond motifs is 3. The van der Waals surface area contributed by atoms with Crippen molar-refractivity contribution in [2.24, 2.45) is 0 Å². The third-order valence-corrected chi connectivity index (χ3v) is 12.8. The summed E-state index contributed by atoms with van der Waals surface area (Å²) in [4.78, 5) is 0. The van der Waals surface area contributed by atoms with E-state index in [1.807, 2.05) is 0 Å². The number of aromatic nitrogens is 1. The van der Waals surface area contributed by atoms with E-state index in [1.165, 1.54) is 36.7 Å². The summed E-state index contributed by atoms with van der Waals surface area (Å²) in [7, 11) is -1.77. The summed E-state index contributed by atoms with van der Waals surface area (Å²) in [5, 5.41) is 1.46. The first-order chi connectivity index (χ1) is 12.4. The molecule has 0 aliphatic carbocycles. The molecule has 0 bridgehead atoms. The highest BCUT2D eigenvalue weighted by atomic mass is 28.4. The number of para-hydroxylation sites is 1. The lowest BCUT2D eigenvalue weighted by atomic mass is 10.0. The average Bonchev–Trinajstić information content (AvgIpc) is 2.92. The fraction of sp³-hybridized carbons (Fsp3) is 0.652. The number of aryl methyl sites for hydroxylation is 1. The summed E-state index contributed by atoms with van der Waals surface area (Å²) in [6.45, 7) is 16.3. The molecule has 2 nitrogen and oxygen atoms in total. The van der Waals surface area contributed by atoms with Crippen LogP contribution >= 0.6 is 0 Å². The minimum absolute atomic E-state index is 0.655. The fourth-order valence-corrected chi connectivity index (χ4v) is 11.1. The van der Waals surface area contributed by atoms with Crippen LogP contribution in [0.25, 0.3) is 10.9 Å². The van der Waals surface area contributed by atoms with Gasteiger partial charge in [0.25, 0.3) is 0 Å². The Morgan fingerprint density at radius 2 is 1.62 bits per heavy atom. The molecule has 1 aromatic heterocycles. The van der Waals surface area contributed by atoms with Crippen LogP contribution in [-0.2, 0) is 23.8 Å². The molecule has 0 fully saturated rings. The highest BCUT2D eigenvalue weighted by Gasteiger charge is 2.44. The molecule has 0 atom stereocenters. The van der Waals surface area contributed by atoms with Crippen LogP contribution in [0.1, 0.15) is 65.6 Å². The van der Waals surface area contributed by atoms with Gasteiger partial charge in [0.15, 0.2) is 8.32 Å². The van der Waals surface area contributed by atoms with Crippen LogP contribution in [0, 0.1) is 0 Å². The van der Waals surface area contributed by atoms with Gasteiger partial charge in [-0.2, -0.15) is 0 Å². The van der Waals surface area contributed by atoms with Gasteiger partial charge < -0.3 is 8.99 Å². The molecule has 3 heteroatoms. The molecule has 0 saturated carbocycles. The zero-order valence-corrected chi connectivity index (χ0v) is 18.6. The van der Waals surface area contributed by atoms with Crippen LogP contribution in [-0.4, -0.2) is 19.5 Å². The third-order valence-electron chi connectivity index (χ3n) is 6.65. The summed E-state index contributed by atoms with van der Waals surface area (Å²) in [5.41, 5.74) is 6.52. The molecule has 26 heavy (non-hydrogen) atoms. The van der Waals surface area contributed by atoms with Gasteiger partial charge in [-0.15, -0.1) is 0 Å². The number of benzene rings is 1. The number of rotatable bonds is 7. The van der Waals surface area contributed by atoms with Crippen LogP contribution in [0.5, 0.6) is 0 Å². The molecular weight excluding hydrogens is 334 g/mol. The van der Waals surface area contributed by atoms with E-state index in [-0.39, 0.29) is 0 Å². The van der Waals surface area contributed by atoms with Crippen molar-refractivity contribution in [3.05, 3.63) is 35.5 Å². The van der Waals surface area contributed by atoms with E-state index in [0.29, 0.717) is 16.6 Å². The maximum absolute atomic E-state index is 6.86. The molecule has 0 amide bonds. The first-order valence-electron chi connectivity index (χ1n) is 10.6. The molecule has 3 rings (SSSR count). The van der Waals surface area contributed by atoms with Gasteiger partial charge in [-0.3, -0.25) is 0 Å². The molecule has 1 aromatic carbocycles. The Labute approximate surface area is 161 Å².